The molecule has 0 aromatic heterocycles. The van der Waals surface area contributed by atoms with Crippen LogP contribution in [0.3, 0.4) is 0 Å². The molecule has 27 heavy (non-hydrogen) atoms. The molecule has 2 N–H and O–H groups in total. The van der Waals surface area contributed by atoms with Crippen molar-refractivity contribution in [1.82, 2.24) is 9.80 Å². The van der Waals surface area contributed by atoms with Crippen molar-refractivity contribution in [3.63, 3.8) is 0 Å². The molecule has 1 atom stereocenters. The number of phenolic OH excluding ortho intramolecular Hbond substituents is 1. The number of phenols is 1. The van der Waals surface area contributed by atoms with Crippen LogP contribution in [0, 0.1) is 5.92 Å². The number of aliphatic hydroxyl groups excluding tert-OH is 1. The molecule has 0 bridgehead atoms. The number of aromatic hydroxyl groups is 1. The maximum absolute atomic E-state index is 12.8. The lowest BCUT2D eigenvalue weighted by Gasteiger charge is -2.29. The zero-order valence-electron chi connectivity index (χ0n) is 16.6. The van der Waals surface area contributed by atoms with E-state index in [0.29, 0.717) is 18.7 Å². The molecule has 0 saturated heterocycles. The van der Waals surface area contributed by atoms with Crippen molar-refractivity contribution in [3.05, 3.63) is 41.2 Å². The fourth-order valence-corrected chi connectivity index (χ4v) is 3.44. The first-order valence-electron chi connectivity index (χ1n) is 9.58. The van der Waals surface area contributed by atoms with Gasteiger partial charge in [-0.15, -0.1) is 0 Å². The first-order chi connectivity index (χ1) is 12.8. The monoisotopic (exact) mass is 374 g/mol. The van der Waals surface area contributed by atoms with E-state index in [4.69, 9.17) is 0 Å². The molecule has 1 aromatic carbocycles. The summed E-state index contributed by atoms with van der Waals surface area (Å²) < 4.78 is 0. The second kappa shape index (κ2) is 9.04. The zero-order chi connectivity index (χ0) is 20.1. The number of aliphatic hydroxyl groups is 1. The predicted octanol–water partition coefficient (Wildman–Crippen LogP) is 3.04. The first-order valence-corrected chi connectivity index (χ1v) is 9.58. The third-order valence-electron chi connectivity index (χ3n) is 4.96. The number of nitrogens with zero attached hydrogens (tertiary/aromatic N) is 2. The van der Waals surface area contributed by atoms with E-state index in [2.05, 4.69) is 18.7 Å². The number of carbonyl (C=O) groups excluding carboxylic acids is 2. The molecule has 6 heteroatoms. The molecule has 6 nitrogen and oxygen atoms in total. The number of amides is 1. The van der Waals surface area contributed by atoms with E-state index in [9.17, 15) is 19.8 Å². The maximum atomic E-state index is 12.8. The summed E-state index contributed by atoms with van der Waals surface area (Å²) in [7, 11) is 0. The Morgan fingerprint density at radius 2 is 1.74 bits per heavy atom. The number of Topliss-reactive ketones (excluding diaryl/α,β-unsaturated/α-hetero) is 1. The van der Waals surface area contributed by atoms with Crippen LogP contribution in [0.5, 0.6) is 5.75 Å². The lowest BCUT2D eigenvalue weighted by molar-refractivity contribution is -0.129. The van der Waals surface area contributed by atoms with Crippen molar-refractivity contribution in [2.45, 2.75) is 40.2 Å². The standard InChI is InChI=1S/C21H30N2O4/c1-5-22(6-2)11-12-23-19(15-7-9-16(24)10-8-15)18(20(26)21(23)27)17(25)13-14(3)4/h7-10,14,19,24,26H,5-6,11-13H2,1-4H3. The number of carbonyl (C=O) groups is 2. The quantitative estimate of drug-likeness (QED) is 0.694. The highest BCUT2D eigenvalue weighted by Crippen LogP contribution is 2.38. The molecule has 2 rings (SSSR count). The molecule has 0 spiro atoms. The van der Waals surface area contributed by atoms with Gasteiger partial charge in [-0.25, -0.2) is 0 Å². The Kier molecular flexibility index (Phi) is 7.02. The van der Waals surface area contributed by atoms with Gasteiger partial charge in [0, 0.05) is 19.5 Å². The van der Waals surface area contributed by atoms with Crippen LogP contribution in [-0.2, 0) is 9.59 Å². The van der Waals surface area contributed by atoms with Gasteiger partial charge in [-0.3, -0.25) is 9.59 Å². The van der Waals surface area contributed by atoms with Gasteiger partial charge in [0.15, 0.2) is 11.5 Å². The molecule has 148 valence electrons. The summed E-state index contributed by atoms with van der Waals surface area (Å²) in [6, 6.07) is 5.82. The summed E-state index contributed by atoms with van der Waals surface area (Å²) in [6.07, 6.45) is 0.269. The van der Waals surface area contributed by atoms with Gasteiger partial charge in [0.25, 0.3) is 5.91 Å². The van der Waals surface area contributed by atoms with E-state index in [1.54, 1.807) is 17.0 Å². The molecule has 0 radical (unpaired) electrons. The van der Waals surface area contributed by atoms with Gasteiger partial charge in [0.05, 0.1) is 11.6 Å². The Morgan fingerprint density at radius 3 is 2.26 bits per heavy atom. The number of ketones is 1. The lowest BCUT2D eigenvalue weighted by atomic mass is 9.92. The van der Waals surface area contributed by atoms with Crippen molar-refractivity contribution >= 4 is 11.7 Å². The third-order valence-corrected chi connectivity index (χ3v) is 4.96. The molecule has 1 aromatic rings. The summed E-state index contributed by atoms with van der Waals surface area (Å²) in [4.78, 5) is 29.3. The Labute approximate surface area is 161 Å². The Hall–Kier alpha value is -2.34. The summed E-state index contributed by atoms with van der Waals surface area (Å²) in [5, 5.41) is 20.1. The molecule has 1 heterocycles. The van der Waals surface area contributed by atoms with E-state index in [-0.39, 0.29) is 29.4 Å². The minimum Gasteiger partial charge on any atom is -0.508 e. The van der Waals surface area contributed by atoms with Gasteiger partial charge in [-0.1, -0.05) is 39.8 Å². The second-order valence-corrected chi connectivity index (χ2v) is 7.30. The van der Waals surface area contributed by atoms with Crippen LogP contribution in [0.4, 0.5) is 0 Å². The molecule has 1 aliphatic rings. The largest absolute Gasteiger partial charge is 0.508 e. The van der Waals surface area contributed by atoms with Crippen molar-refractivity contribution in [1.29, 1.82) is 0 Å². The first kappa shape index (κ1) is 21.0. The minimum atomic E-state index is -0.625. The van der Waals surface area contributed by atoms with Crippen LogP contribution in [0.25, 0.3) is 0 Å². The highest BCUT2D eigenvalue weighted by atomic mass is 16.3. The number of likely N-dealkylation sites (N-methyl/N-ethyl adjacent to an activating group) is 1. The summed E-state index contributed by atoms with van der Waals surface area (Å²) in [5.41, 5.74) is 0.871. The van der Waals surface area contributed by atoms with E-state index >= 15 is 0 Å². The second-order valence-electron chi connectivity index (χ2n) is 7.30. The van der Waals surface area contributed by atoms with Gasteiger partial charge < -0.3 is 20.0 Å². The number of rotatable bonds is 9. The van der Waals surface area contributed by atoms with Gasteiger partial charge in [-0.2, -0.15) is 0 Å². The molecule has 1 aliphatic heterocycles. The van der Waals surface area contributed by atoms with E-state index in [0.717, 1.165) is 13.1 Å². The Morgan fingerprint density at radius 1 is 1.15 bits per heavy atom. The number of benzene rings is 1. The van der Waals surface area contributed by atoms with E-state index in [1.165, 1.54) is 12.1 Å². The fraction of sp³-hybridized carbons (Fsp3) is 0.524. The summed E-state index contributed by atoms with van der Waals surface area (Å²) >= 11 is 0. The molecule has 1 unspecified atom stereocenters. The van der Waals surface area contributed by atoms with Crippen LogP contribution in [0.1, 0.15) is 45.7 Å². The van der Waals surface area contributed by atoms with Crippen LogP contribution < -0.4 is 0 Å². The average Bonchev–Trinajstić information content (AvgIpc) is 2.87. The predicted molar refractivity (Wildman–Crippen MR) is 104 cm³/mol. The van der Waals surface area contributed by atoms with Gasteiger partial charge >= 0.3 is 0 Å². The van der Waals surface area contributed by atoms with E-state index in [1.807, 2.05) is 13.8 Å². The van der Waals surface area contributed by atoms with Crippen LogP contribution in [0.15, 0.2) is 35.6 Å². The van der Waals surface area contributed by atoms with Crippen LogP contribution in [0.2, 0.25) is 0 Å². The van der Waals surface area contributed by atoms with Crippen molar-refractivity contribution in [2.75, 3.05) is 26.2 Å². The highest BCUT2D eigenvalue weighted by molar-refractivity contribution is 6.09. The molecule has 0 saturated carbocycles. The molecule has 1 amide bonds. The van der Waals surface area contributed by atoms with E-state index < -0.39 is 17.7 Å². The third kappa shape index (κ3) is 4.69. The molecule has 0 aliphatic carbocycles. The lowest BCUT2D eigenvalue weighted by Crippen LogP contribution is -2.38. The SMILES string of the molecule is CCN(CC)CCN1C(=O)C(O)=C(C(=O)CC(C)C)C1c1ccc(O)cc1. The smallest absolute Gasteiger partial charge is 0.290 e. The number of hydrogen-bond donors (Lipinski definition) is 2. The van der Waals surface area contributed by atoms with Crippen LogP contribution in [-0.4, -0.2) is 57.9 Å². The fourth-order valence-electron chi connectivity index (χ4n) is 3.44. The van der Waals surface area contributed by atoms with Crippen molar-refractivity contribution in [3.8, 4) is 5.75 Å². The average molecular weight is 374 g/mol. The summed E-state index contributed by atoms with van der Waals surface area (Å²) in [6.45, 7) is 10.8. The van der Waals surface area contributed by atoms with Crippen LogP contribution >= 0.6 is 0 Å². The minimum absolute atomic E-state index is 0.112. The Balaban J connectivity index is 2.39. The normalized spacial score (nSPS) is 17.5. The van der Waals surface area contributed by atoms with Gasteiger partial charge in [-0.05, 0) is 36.7 Å². The van der Waals surface area contributed by atoms with Crippen molar-refractivity contribution in [2.24, 2.45) is 5.92 Å². The van der Waals surface area contributed by atoms with Crippen molar-refractivity contribution < 1.29 is 19.8 Å². The highest BCUT2D eigenvalue weighted by Gasteiger charge is 2.43. The van der Waals surface area contributed by atoms with Gasteiger partial charge in [0.2, 0.25) is 0 Å². The molecular formula is C21H30N2O4. The van der Waals surface area contributed by atoms with Gasteiger partial charge in [0.1, 0.15) is 5.75 Å². The molecule has 0 fully saturated rings. The molecular weight excluding hydrogens is 344 g/mol. The summed E-state index contributed by atoms with van der Waals surface area (Å²) in [5.74, 6) is -0.927. The maximum Gasteiger partial charge on any atom is 0.290 e. The topological polar surface area (TPSA) is 81.1 Å². The zero-order valence-corrected chi connectivity index (χ0v) is 16.6. The number of hydrogen-bond acceptors (Lipinski definition) is 5. The Bertz CT molecular complexity index is 705.